The average molecular weight is 223 g/mol. The minimum absolute atomic E-state index is 0.0346. The van der Waals surface area contributed by atoms with Crippen LogP contribution in [0.5, 0.6) is 0 Å². The normalized spacial score (nSPS) is 26.6. The van der Waals surface area contributed by atoms with Crippen LogP contribution in [0.4, 0.5) is 0 Å². The molecule has 2 fully saturated rings. The van der Waals surface area contributed by atoms with Crippen molar-refractivity contribution in [3.05, 3.63) is 11.7 Å². The molecule has 2 aliphatic rings. The van der Waals surface area contributed by atoms with Crippen LogP contribution < -0.4 is 5.32 Å². The third-order valence-corrected chi connectivity index (χ3v) is 3.39. The average Bonchev–Trinajstić information content (AvgIpc) is 2.73. The van der Waals surface area contributed by atoms with Crippen LogP contribution in [0.3, 0.4) is 0 Å². The van der Waals surface area contributed by atoms with Crippen molar-refractivity contribution in [2.45, 2.75) is 31.8 Å². The molecule has 1 aromatic heterocycles. The number of rotatable bonds is 3. The number of ether oxygens (including phenoxy) is 1. The number of nitrogens with zero attached hydrogens (tertiary/aromatic N) is 2. The van der Waals surface area contributed by atoms with Crippen LogP contribution >= 0.6 is 0 Å². The molecule has 88 valence electrons. The van der Waals surface area contributed by atoms with Gasteiger partial charge in [-0.15, -0.1) is 0 Å². The van der Waals surface area contributed by atoms with Gasteiger partial charge in [-0.05, 0) is 18.8 Å². The molecule has 5 nitrogen and oxygen atoms in total. The van der Waals surface area contributed by atoms with Crippen LogP contribution in [-0.4, -0.2) is 29.8 Å². The third kappa shape index (κ3) is 2.10. The van der Waals surface area contributed by atoms with E-state index in [0.29, 0.717) is 5.82 Å². The minimum atomic E-state index is -0.0346. The highest BCUT2D eigenvalue weighted by molar-refractivity contribution is 4.95. The Morgan fingerprint density at radius 2 is 2.31 bits per heavy atom. The van der Waals surface area contributed by atoms with Crippen molar-refractivity contribution in [1.82, 2.24) is 15.5 Å². The molecular weight excluding hydrogens is 206 g/mol. The molecule has 1 saturated heterocycles. The Morgan fingerprint density at radius 1 is 1.38 bits per heavy atom. The molecule has 16 heavy (non-hydrogen) atoms. The van der Waals surface area contributed by atoms with E-state index in [9.17, 15) is 0 Å². The van der Waals surface area contributed by atoms with Gasteiger partial charge in [0.15, 0.2) is 0 Å². The fraction of sp³-hybridized carbons (Fsp3) is 0.818. The molecule has 0 radical (unpaired) electrons. The monoisotopic (exact) mass is 223 g/mol. The maximum Gasteiger partial charge on any atom is 0.227 e. The standard InChI is InChI=1S/C11H17N3O2/c1-2-8(3-1)6-10-13-11(14-16-10)9-7-12-4-5-15-9/h8-9,12H,1-7H2. The molecule has 1 aromatic rings. The molecule has 5 heteroatoms. The van der Waals surface area contributed by atoms with Gasteiger partial charge in [0.05, 0.1) is 6.61 Å². The van der Waals surface area contributed by atoms with Crippen molar-refractivity contribution in [2.75, 3.05) is 19.7 Å². The van der Waals surface area contributed by atoms with Gasteiger partial charge in [0.1, 0.15) is 6.10 Å². The number of morpholine rings is 1. The predicted octanol–water partition coefficient (Wildman–Crippen LogP) is 1.07. The molecule has 2 heterocycles. The van der Waals surface area contributed by atoms with Gasteiger partial charge < -0.3 is 14.6 Å². The van der Waals surface area contributed by atoms with E-state index in [1.54, 1.807) is 0 Å². The summed E-state index contributed by atoms with van der Waals surface area (Å²) in [5.74, 6) is 2.23. The summed E-state index contributed by atoms with van der Waals surface area (Å²) in [6.07, 6.45) is 4.86. The quantitative estimate of drug-likeness (QED) is 0.830. The summed E-state index contributed by atoms with van der Waals surface area (Å²) in [6, 6.07) is 0. The third-order valence-electron chi connectivity index (χ3n) is 3.39. The molecule has 3 rings (SSSR count). The molecule has 1 aliphatic heterocycles. The van der Waals surface area contributed by atoms with E-state index >= 15 is 0 Å². The first-order valence-corrected chi connectivity index (χ1v) is 6.06. The first kappa shape index (κ1) is 10.2. The van der Waals surface area contributed by atoms with E-state index in [4.69, 9.17) is 9.26 Å². The fourth-order valence-electron chi connectivity index (χ4n) is 2.16. The van der Waals surface area contributed by atoms with Gasteiger partial charge >= 0.3 is 0 Å². The first-order valence-electron chi connectivity index (χ1n) is 6.06. The van der Waals surface area contributed by atoms with E-state index in [1.165, 1.54) is 19.3 Å². The molecule has 0 bridgehead atoms. The van der Waals surface area contributed by atoms with Gasteiger partial charge in [-0.2, -0.15) is 4.98 Å². The Labute approximate surface area is 94.6 Å². The van der Waals surface area contributed by atoms with E-state index in [-0.39, 0.29) is 6.10 Å². The first-order chi connectivity index (χ1) is 7.92. The molecule has 0 spiro atoms. The van der Waals surface area contributed by atoms with E-state index in [1.807, 2.05) is 0 Å². The Hall–Kier alpha value is -0.940. The Bertz CT molecular complexity index is 343. The molecular formula is C11H17N3O2. The van der Waals surface area contributed by atoms with Crippen LogP contribution in [0.25, 0.3) is 0 Å². The lowest BCUT2D eigenvalue weighted by atomic mass is 9.83. The van der Waals surface area contributed by atoms with E-state index < -0.39 is 0 Å². The second-order valence-electron chi connectivity index (χ2n) is 4.61. The molecule has 1 unspecified atom stereocenters. The van der Waals surface area contributed by atoms with Crippen molar-refractivity contribution in [3.63, 3.8) is 0 Å². The summed E-state index contributed by atoms with van der Waals surface area (Å²) in [4.78, 5) is 4.41. The lowest BCUT2D eigenvalue weighted by Crippen LogP contribution is -2.33. The summed E-state index contributed by atoms with van der Waals surface area (Å²) < 4.78 is 10.8. The topological polar surface area (TPSA) is 60.2 Å². The summed E-state index contributed by atoms with van der Waals surface area (Å²) in [5.41, 5.74) is 0. The van der Waals surface area contributed by atoms with Crippen molar-refractivity contribution in [1.29, 1.82) is 0 Å². The Balaban J connectivity index is 1.61. The highest BCUT2D eigenvalue weighted by Crippen LogP contribution is 2.29. The second-order valence-corrected chi connectivity index (χ2v) is 4.61. The van der Waals surface area contributed by atoms with Crippen molar-refractivity contribution in [2.24, 2.45) is 5.92 Å². The molecule has 1 saturated carbocycles. The van der Waals surface area contributed by atoms with Gasteiger partial charge in [0, 0.05) is 19.5 Å². The lowest BCUT2D eigenvalue weighted by molar-refractivity contribution is 0.0208. The molecule has 0 amide bonds. The maximum atomic E-state index is 5.58. The molecule has 1 atom stereocenters. The predicted molar refractivity (Wildman–Crippen MR) is 56.9 cm³/mol. The summed E-state index contributed by atoms with van der Waals surface area (Å²) in [6.45, 7) is 2.41. The number of nitrogens with one attached hydrogen (secondary N) is 1. The van der Waals surface area contributed by atoms with E-state index in [2.05, 4.69) is 15.5 Å². The lowest BCUT2D eigenvalue weighted by Gasteiger charge is -2.23. The SMILES string of the molecule is C1CC(Cc2nc(C3CNCCO3)no2)C1. The zero-order valence-electron chi connectivity index (χ0n) is 9.32. The van der Waals surface area contributed by atoms with E-state index in [0.717, 1.165) is 37.9 Å². The van der Waals surface area contributed by atoms with Crippen LogP contribution in [0, 0.1) is 5.92 Å². The van der Waals surface area contributed by atoms with Crippen LogP contribution in [0.2, 0.25) is 0 Å². The zero-order chi connectivity index (χ0) is 10.8. The molecule has 0 aromatic carbocycles. The number of aromatic nitrogens is 2. The Morgan fingerprint density at radius 3 is 3.00 bits per heavy atom. The van der Waals surface area contributed by atoms with Gasteiger partial charge in [-0.25, -0.2) is 0 Å². The fourth-order valence-corrected chi connectivity index (χ4v) is 2.16. The maximum absolute atomic E-state index is 5.58. The summed E-state index contributed by atoms with van der Waals surface area (Å²) in [5, 5.41) is 7.26. The second kappa shape index (κ2) is 4.51. The number of hydrogen-bond donors (Lipinski definition) is 1. The highest BCUT2D eigenvalue weighted by atomic mass is 16.5. The Kier molecular flexibility index (Phi) is 2.88. The van der Waals surface area contributed by atoms with Gasteiger partial charge in [0.2, 0.25) is 11.7 Å². The minimum Gasteiger partial charge on any atom is -0.367 e. The van der Waals surface area contributed by atoms with Crippen LogP contribution in [-0.2, 0) is 11.2 Å². The molecule has 1 aliphatic carbocycles. The van der Waals surface area contributed by atoms with Gasteiger partial charge in [-0.1, -0.05) is 11.6 Å². The zero-order valence-corrected chi connectivity index (χ0v) is 9.32. The largest absolute Gasteiger partial charge is 0.367 e. The van der Waals surface area contributed by atoms with Crippen molar-refractivity contribution < 1.29 is 9.26 Å². The smallest absolute Gasteiger partial charge is 0.227 e. The van der Waals surface area contributed by atoms with Gasteiger partial charge in [-0.3, -0.25) is 0 Å². The van der Waals surface area contributed by atoms with Crippen molar-refractivity contribution >= 4 is 0 Å². The molecule has 1 N–H and O–H groups in total. The number of hydrogen-bond acceptors (Lipinski definition) is 5. The summed E-state index contributed by atoms with van der Waals surface area (Å²) in [7, 11) is 0. The summed E-state index contributed by atoms with van der Waals surface area (Å²) >= 11 is 0. The highest BCUT2D eigenvalue weighted by Gasteiger charge is 2.24. The van der Waals surface area contributed by atoms with Crippen LogP contribution in [0.1, 0.15) is 37.1 Å². The van der Waals surface area contributed by atoms with Gasteiger partial charge in [0.25, 0.3) is 0 Å². The van der Waals surface area contributed by atoms with Crippen molar-refractivity contribution in [3.8, 4) is 0 Å². The van der Waals surface area contributed by atoms with Crippen LogP contribution in [0.15, 0.2) is 4.52 Å².